The highest BCUT2D eigenvalue weighted by Crippen LogP contribution is 2.48. The van der Waals surface area contributed by atoms with E-state index in [9.17, 15) is 4.39 Å². The van der Waals surface area contributed by atoms with E-state index in [4.69, 9.17) is 21.4 Å². The smallest absolute Gasteiger partial charge is 0.216 e. The third kappa shape index (κ3) is 2.99. The van der Waals surface area contributed by atoms with Crippen molar-refractivity contribution < 1.29 is 9.13 Å². The van der Waals surface area contributed by atoms with Gasteiger partial charge in [-0.15, -0.1) is 0 Å². The van der Waals surface area contributed by atoms with E-state index in [-0.39, 0.29) is 11.9 Å². The fourth-order valence-corrected chi connectivity index (χ4v) is 4.20. The van der Waals surface area contributed by atoms with Crippen molar-refractivity contribution in [2.75, 3.05) is 0 Å². The molecule has 0 aromatic heterocycles. The van der Waals surface area contributed by atoms with E-state index < -0.39 is 6.23 Å². The Balaban J connectivity index is 1.62. The number of hydrogen-bond donors (Lipinski definition) is 0. The first-order valence-electron chi connectivity index (χ1n) is 8.92. The molecule has 0 amide bonds. The predicted octanol–water partition coefficient (Wildman–Crippen LogP) is 6.48. The lowest BCUT2D eigenvalue weighted by molar-refractivity contribution is -0.0211. The van der Waals surface area contributed by atoms with E-state index >= 15 is 0 Å². The summed E-state index contributed by atoms with van der Waals surface area (Å²) in [6.07, 6.45) is 0.0484. The minimum Gasteiger partial charge on any atom is -0.464 e. The molecule has 0 aliphatic carbocycles. The minimum absolute atomic E-state index is 0.0213. The first-order chi connectivity index (χ1) is 13.6. The van der Waals surface area contributed by atoms with Crippen LogP contribution in [-0.2, 0) is 0 Å². The fraction of sp³-hybridized carbons (Fsp3) is 0.136. The van der Waals surface area contributed by atoms with Crippen LogP contribution in [0, 0.1) is 5.82 Å². The average molecular weight is 458 g/mol. The Bertz CT molecular complexity index is 1090. The topological polar surface area (TPSA) is 24.8 Å². The molecule has 2 heterocycles. The van der Waals surface area contributed by atoms with Crippen molar-refractivity contribution in [2.24, 2.45) is 5.10 Å². The number of hydrazone groups is 1. The molecule has 2 aliphatic rings. The van der Waals surface area contributed by atoms with Gasteiger partial charge in [-0.2, -0.15) is 5.10 Å². The first-order valence-corrected chi connectivity index (χ1v) is 10.1. The van der Waals surface area contributed by atoms with Gasteiger partial charge in [0.15, 0.2) is 0 Å². The number of nitrogens with zero attached hydrogens (tertiary/aromatic N) is 2. The molecular formula is C22H15BrClFN2O. The normalized spacial score (nSPS) is 20.2. The molecule has 140 valence electrons. The highest BCUT2D eigenvalue weighted by atomic mass is 79.9. The van der Waals surface area contributed by atoms with Crippen molar-refractivity contribution in [3.8, 4) is 5.75 Å². The van der Waals surface area contributed by atoms with Crippen molar-refractivity contribution in [1.29, 1.82) is 0 Å². The van der Waals surface area contributed by atoms with Crippen LogP contribution in [0.4, 0.5) is 4.39 Å². The van der Waals surface area contributed by atoms with Gasteiger partial charge in [-0.1, -0.05) is 57.9 Å². The maximum Gasteiger partial charge on any atom is 0.216 e. The molecule has 6 heteroatoms. The number of benzene rings is 3. The van der Waals surface area contributed by atoms with E-state index in [1.54, 1.807) is 6.07 Å². The number of fused-ring (bicyclic) bond motifs is 3. The van der Waals surface area contributed by atoms with Gasteiger partial charge in [0.1, 0.15) is 11.6 Å². The van der Waals surface area contributed by atoms with Gasteiger partial charge in [0.2, 0.25) is 6.23 Å². The van der Waals surface area contributed by atoms with Crippen LogP contribution in [0.15, 0.2) is 76.3 Å². The zero-order valence-electron chi connectivity index (χ0n) is 14.6. The first kappa shape index (κ1) is 17.7. The molecule has 0 bridgehead atoms. The number of hydrogen-bond acceptors (Lipinski definition) is 3. The van der Waals surface area contributed by atoms with Gasteiger partial charge in [-0.05, 0) is 42.0 Å². The Labute approximate surface area is 175 Å². The molecule has 5 rings (SSSR count). The Morgan fingerprint density at radius 1 is 1.04 bits per heavy atom. The Morgan fingerprint density at radius 3 is 2.64 bits per heavy atom. The molecule has 3 aromatic rings. The number of para-hydroxylation sites is 1. The fourth-order valence-electron chi connectivity index (χ4n) is 3.76. The molecule has 3 aromatic carbocycles. The Morgan fingerprint density at radius 2 is 1.82 bits per heavy atom. The highest BCUT2D eigenvalue weighted by molar-refractivity contribution is 9.10. The van der Waals surface area contributed by atoms with Crippen LogP contribution < -0.4 is 4.74 Å². The van der Waals surface area contributed by atoms with Gasteiger partial charge in [0.25, 0.3) is 0 Å². The van der Waals surface area contributed by atoms with Gasteiger partial charge < -0.3 is 4.74 Å². The molecule has 0 spiro atoms. The minimum atomic E-state index is -0.674. The van der Waals surface area contributed by atoms with Crippen molar-refractivity contribution in [1.82, 2.24) is 5.01 Å². The predicted molar refractivity (Wildman–Crippen MR) is 111 cm³/mol. The summed E-state index contributed by atoms with van der Waals surface area (Å²) in [4.78, 5) is 0. The van der Waals surface area contributed by atoms with Crippen LogP contribution in [-0.4, -0.2) is 10.7 Å². The standard InChI is InChI=1S/C22H15BrClFN2O/c23-14-7-5-13(6-8-14)19-12-20-16-3-1-2-4-21(16)28-22(27(20)26-19)17-11-15(24)9-10-18(17)25/h1-11,20,22H,12H2/t20-,22+/m0/s1. The van der Waals surface area contributed by atoms with Gasteiger partial charge in [-0.3, -0.25) is 0 Å². The average Bonchev–Trinajstić information content (AvgIpc) is 3.15. The second kappa shape index (κ2) is 6.90. The van der Waals surface area contributed by atoms with Gasteiger partial charge in [0.05, 0.1) is 17.3 Å². The third-order valence-corrected chi connectivity index (χ3v) is 5.86. The van der Waals surface area contributed by atoms with E-state index in [2.05, 4.69) is 15.9 Å². The summed E-state index contributed by atoms with van der Waals surface area (Å²) < 4.78 is 21.8. The summed E-state index contributed by atoms with van der Waals surface area (Å²) in [5, 5.41) is 7.16. The van der Waals surface area contributed by atoms with Crippen molar-refractivity contribution >= 4 is 33.2 Å². The molecule has 28 heavy (non-hydrogen) atoms. The Hall–Kier alpha value is -2.37. The molecule has 0 unspecified atom stereocenters. The largest absolute Gasteiger partial charge is 0.464 e. The van der Waals surface area contributed by atoms with Crippen LogP contribution in [0.5, 0.6) is 5.75 Å². The van der Waals surface area contributed by atoms with Crippen LogP contribution in [0.2, 0.25) is 5.02 Å². The third-order valence-electron chi connectivity index (χ3n) is 5.10. The number of halogens is 3. The highest BCUT2D eigenvalue weighted by Gasteiger charge is 2.41. The summed E-state index contributed by atoms with van der Waals surface area (Å²) in [5.74, 6) is 0.389. The van der Waals surface area contributed by atoms with Crippen molar-refractivity contribution in [2.45, 2.75) is 18.7 Å². The molecule has 2 aliphatic heterocycles. The van der Waals surface area contributed by atoms with Crippen LogP contribution in [0.3, 0.4) is 0 Å². The van der Waals surface area contributed by atoms with Gasteiger partial charge >= 0.3 is 0 Å². The Kier molecular flexibility index (Phi) is 4.37. The second-order valence-corrected chi connectivity index (χ2v) is 8.18. The SMILES string of the molecule is Fc1ccc(Cl)cc1[C@H]1Oc2ccccc2[C@@H]2CC(c3ccc(Br)cc3)=NN12. The van der Waals surface area contributed by atoms with E-state index in [1.165, 1.54) is 12.1 Å². The van der Waals surface area contributed by atoms with E-state index in [0.29, 0.717) is 10.6 Å². The second-order valence-electron chi connectivity index (χ2n) is 6.83. The lowest BCUT2D eigenvalue weighted by Crippen LogP contribution is -2.34. The number of ether oxygens (including phenoxy) is 1. The van der Waals surface area contributed by atoms with Crippen LogP contribution >= 0.6 is 27.5 Å². The zero-order valence-corrected chi connectivity index (χ0v) is 17.0. The van der Waals surface area contributed by atoms with E-state index in [1.807, 2.05) is 53.5 Å². The lowest BCUT2D eigenvalue weighted by Gasteiger charge is -2.38. The van der Waals surface area contributed by atoms with Gasteiger partial charge in [0, 0.05) is 21.5 Å². The van der Waals surface area contributed by atoms with Crippen molar-refractivity contribution in [3.63, 3.8) is 0 Å². The summed E-state index contributed by atoms with van der Waals surface area (Å²) in [5.41, 5.74) is 3.43. The maximum absolute atomic E-state index is 14.6. The van der Waals surface area contributed by atoms with Crippen LogP contribution in [0.25, 0.3) is 0 Å². The van der Waals surface area contributed by atoms with Crippen LogP contribution in [0.1, 0.15) is 35.4 Å². The molecular weight excluding hydrogens is 443 g/mol. The summed E-state index contributed by atoms with van der Waals surface area (Å²) in [7, 11) is 0. The summed E-state index contributed by atoms with van der Waals surface area (Å²) in [6, 6.07) is 20.4. The molecule has 0 N–H and O–H groups in total. The molecule has 0 saturated carbocycles. The molecule has 2 atom stereocenters. The molecule has 0 radical (unpaired) electrons. The maximum atomic E-state index is 14.6. The zero-order chi connectivity index (χ0) is 19.3. The quantitative estimate of drug-likeness (QED) is 0.440. The lowest BCUT2D eigenvalue weighted by atomic mass is 9.96. The number of rotatable bonds is 2. The van der Waals surface area contributed by atoms with Crippen molar-refractivity contribution in [3.05, 3.63) is 98.7 Å². The monoisotopic (exact) mass is 456 g/mol. The summed E-state index contributed by atoms with van der Waals surface area (Å²) in [6.45, 7) is 0. The van der Waals surface area contributed by atoms with Gasteiger partial charge in [-0.25, -0.2) is 9.40 Å². The molecule has 0 saturated heterocycles. The summed E-state index contributed by atoms with van der Waals surface area (Å²) >= 11 is 9.60. The molecule has 3 nitrogen and oxygen atoms in total. The molecule has 0 fully saturated rings. The van der Waals surface area contributed by atoms with E-state index in [0.717, 1.165) is 33.5 Å².